The first-order valence-corrected chi connectivity index (χ1v) is 8.22. The molecule has 1 aromatic rings. The van der Waals surface area contributed by atoms with Crippen LogP contribution in [0, 0.1) is 0 Å². The second-order valence-corrected chi connectivity index (χ2v) is 6.81. The van der Waals surface area contributed by atoms with Crippen molar-refractivity contribution in [2.24, 2.45) is 5.73 Å². The predicted octanol–water partition coefficient (Wildman–Crippen LogP) is 0.464. The fourth-order valence-corrected chi connectivity index (χ4v) is 3.74. The average molecular weight is 313 g/mol. The number of amides is 1. The zero-order valence-corrected chi connectivity index (χ0v) is 12.4. The Morgan fingerprint density at radius 3 is 2.62 bits per heavy atom. The Hall–Kier alpha value is -1.64. The van der Waals surface area contributed by atoms with Crippen LogP contribution in [-0.4, -0.2) is 43.4 Å². The summed E-state index contributed by atoms with van der Waals surface area (Å²) in [5.74, 6) is -0.552. The molecule has 21 heavy (non-hydrogen) atoms. The molecule has 1 aromatic carbocycles. The Morgan fingerprint density at radius 1 is 1.33 bits per heavy atom. The number of nitrogens with two attached hydrogens (primary N) is 1. The summed E-state index contributed by atoms with van der Waals surface area (Å²) in [5.41, 5.74) is 5.35. The third-order valence-electron chi connectivity index (χ3n) is 3.32. The highest BCUT2D eigenvalue weighted by molar-refractivity contribution is 7.89. The summed E-state index contributed by atoms with van der Waals surface area (Å²) in [6, 6.07) is 3.87. The van der Waals surface area contributed by atoms with E-state index in [4.69, 9.17) is 5.73 Å². The Morgan fingerprint density at radius 2 is 2.00 bits per heavy atom. The molecule has 0 atom stereocenters. The van der Waals surface area contributed by atoms with Crippen LogP contribution in [0.1, 0.15) is 19.3 Å². The molecular formula is C13H19N3O4S. The van der Waals surface area contributed by atoms with Crippen LogP contribution in [0.2, 0.25) is 0 Å². The lowest BCUT2D eigenvalue weighted by atomic mass is 10.3. The van der Waals surface area contributed by atoms with Crippen molar-refractivity contribution in [2.45, 2.75) is 24.2 Å². The maximum atomic E-state index is 12.4. The number of hydrogen-bond acceptors (Lipinski definition) is 5. The lowest BCUT2D eigenvalue weighted by Gasteiger charge is -2.16. The lowest BCUT2D eigenvalue weighted by molar-refractivity contribution is -0.116. The van der Waals surface area contributed by atoms with Crippen molar-refractivity contribution in [1.29, 1.82) is 0 Å². The zero-order valence-electron chi connectivity index (χ0n) is 11.6. The van der Waals surface area contributed by atoms with E-state index in [0.29, 0.717) is 13.1 Å². The summed E-state index contributed by atoms with van der Waals surface area (Å²) in [6.07, 6.45) is 1.79. The van der Waals surface area contributed by atoms with Crippen molar-refractivity contribution >= 4 is 21.6 Å². The topological polar surface area (TPSA) is 113 Å². The molecule has 0 bridgehead atoms. The number of anilines is 1. The monoisotopic (exact) mass is 313 g/mol. The van der Waals surface area contributed by atoms with Gasteiger partial charge in [-0.15, -0.1) is 0 Å². The van der Waals surface area contributed by atoms with Gasteiger partial charge in [0.2, 0.25) is 15.9 Å². The summed E-state index contributed by atoms with van der Waals surface area (Å²) in [4.78, 5) is 11.6. The molecule has 0 spiro atoms. The molecule has 0 radical (unpaired) electrons. The number of phenolic OH excluding ortho intramolecular Hbond substituents is 1. The van der Waals surface area contributed by atoms with Gasteiger partial charge in [-0.25, -0.2) is 8.42 Å². The third-order valence-corrected chi connectivity index (χ3v) is 5.21. The highest BCUT2D eigenvalue weighted by Crippen LogP contribution is 2.29. The normalized spacial score (nSPS) is 16.0. The van der Waals surface area contributed by atoms with Gasteiger partial charge in [-0.2, -0.15) is 4.31 Å². The maximum absolute atomic E-state index is 12.4. The number of carbonyl (C=O) groups excluding carboxylic acids is 1. The minimum atomic E-state index is -3.58. The molecule has 1 aliphatic rings. The van der Waals surface area contributed by atoms with Crippen molar-refractivity contribution in [3.63, 3.8) is 0 Å². The standard InChI is InChI=1S/C13H19N3O4S/c14-6-5-13(18)15-11-9-10(3-4-12(11)17)21(19,20)16-7-1-2-8-16/h3-4,9,17H,1-2,5-8,14H2,(H,15,18). The molecular weight excluding hydrogens is 294 g/mol. The molecule has 2 rings (SSSR count). The Bertz CT molecular complexity index is 624. The number of hydrogen-bond donors (Lipinski definition) is 3. The zero-order chi connectivity index (χ0) is 15.5. The second kappa shape index (κ2) is 6.42. The van der Waals surface area contributed by atoms with E-state index in [9.17, 15) is 18.3 Å². The lowest BCUT2D eigenvalue weighted by Crippen LogP contribution is -2.28. The van der Waals surface area contributed by atoms with Gasteiger partial charge in [0.1, 0.15) is 5.75 Å². The van der Waals surface area contributed by atoms with Crippen LogP contribution in [0.15, 0.2) is 23.1 Å². The van der Waals surface area contributed by atoms with Gasteiger partial charge in [-0.1, -0.05) is 0 Å². The fourth-order valence-electron chi connectivity index (χ4n) is 2.20. The number of phenols is 1. The summed E-state index contributed by atoms with van der Waals surface area (Å²) in [6.45, 7) is 1.18. The van der Waals surface area contributed by atoms with E-state index in [1.165, 1.54) is 22.5 Å². The van der Waals surface area contributed by atoms with E-state index in [1.807, 2.05) is 0 Å². The molecule has 1 heterocycles. The molecule has 1 fully saturated rings. The van der Waals surface area contributed by atoms with Gasteiger partial charge in [0.05, 0.1) is 10.6 Å². The first-order valence-electron chi connectivity index (χ1n) is 6.78. The molecule has 0 aliphatic carbocycles. The van der Waals surface area contributed by atoms with Crippen molar-refractivity contribution in [2.75, 3.05) is 25.0 Å². The number of nitrogens with zero attached hydrogens (tertiary/aromatic N) is 1. The van der Waals surface area contributed by atoms with Crippen LogP contribution >= 0.6 is 0 Å². The van der Waals surface area contributed by atoms with Crippen molar-refractivity contribution in [3.8, 4) is 5.75 Å². The van der Waals surface area contributed by atoms with Gasteiger partial charge in [0, 0.05) is 26.1 Å². The van der Waals surface area contributed by atoms with Gasteiger partial charge in [0.15, 0.2) is 0 Å². The molecule has 1 saturated heterocycles. The van der Waals surface area contributed by atoms with Crippen LogP contribution in [0.3, 0.4) is 0 Å². The Kier molecular flexibility index (Phi) is 4.81. The molecule has 0 saturated carbocycles. The summed E-state index contributed by atoms with van der Waals surface area (Å²) < 4.78 is 26.2. The van der Waals surface area contributed by atoms with Crippen LogP contribution in [0.4, 0.5) is 5.69 Å². The smallest absolute Gasteiger partial charge is 0.243 e. The van der Waals surface area contributed by atoms with Crippen molar-refractivity contribution in [3.05, 3.63) is 18.2 Å². The molecule has 4 N–H and O–H groups in total. The fraction of sp³-hybridized carbons (Fsp3) is 0.462. The highest BCUT2D eigenvalue weighted by Gasteiger charge is 2.27. The van der Waals surface area contributed by atoms with Gasteiger partial charge < -0.3 is 16.2 Å². The van der Waals surface area contributed by atoms with Crippen LogP contribution < -0.4 is 11.1 Å². The van der Waals surface area contributed by atoms with E-state index in [-0.39, 0.29) is 35.2 Å². The summed E-state index contributed by atoms with van der Waals surface area (Å²) in [5, 5.41) is 12.2. The van der Waals surface area contributed by atoms with E-state index in [0.717, 1.165) is 12.8 Å². The van der Waals surface area contributed by atoms with Gasteiger partial charge in [0.25, 0.3) is 0 Å². The number of rotatable bonds is 5. The van der Waals surface area contributed by atoms with Crippen molar-refractivity contribution in [1.82, 2.24) is 4.31 Å². The minimum Gasteiger partial charge on any atom is -0.506 e. The van der Waals surface area contributed by atoms with Crippen LogP contribution in [-0.2, 0) is 14.8 Å². The molecule has 7 nitrogen and oxygen atoms in total. The highest BCUT2D eigenvalue weighted by atomic mass is 32.2. The SMILES string of the molecule is NCCC(=O)Nc1cc(S(=O)(=O)N2CCCC2)ccc1O. The van der Waals surface area contributed by atoms with E-state index in [2.05, 4.69) is 5.32 Å². The van der Waals surface area contributed by atoms with Crippen LogP contribution in [0.5, 0.6) is 5.75 Å². The summed E-state index contributed by atoms with van der Waals surface area (Å²) in [7, 11) is -3.58. The molecule has 116 valence electrons. The Balaban J connectivity index is 2.27. The molecule has 8 heteroatoms. The predicted molar refractivity (Wildman–Crippen MR) is 78.4 cm³/mol. The number of sulfonamides is 1. The molecule has 1 amide bonds. The van der Waals surface area contributed by atoms with E-state index < -0.39 is 10.0 Å². The number of carbonyl (C=O) groups is 1. The van der Waals surface area contributed by atoms with Gasteiger partial charge in [-0.05, 0) is 31.0 Å². The quantitative estimate of drug-likeness (QED) is 0.684. The number of aromatic hydroxyl groups is 1. The summed E-state index contributed by atoms with van der Waals surface area (Å²) >= 11 is 0. The largest absolute Gasteiger partial charge is 0.506 e. The number of nitrogens with one attached hydrogen (secondary N) is 1. The maximum Gasteiger partial charge on any atom is 0.243 e. The van der Waals surface area contributed by atoms with Crippen molar-refractivity contribution < 1.29 is 18.3 Å². The van der Waals surface area contributed by atoms with Gasteiger partial charge in [-0.3, -0.25) is 4.79 Å². The minimum absolute atomic E-state index is 0.0604. The average Bonchev–Trinajstić information content (AvgIpc) is 2.96. The molecule has 1 aliphatic heterocycles. The first kappa shape index (κ1) is 15.7. The van der Waals surface area contributed by atoms with E-state index in [1.54, 1.807) is 0 Å². The second-order valence-electron chi connectivity index (χ2n) is 4.88. The van der Waals surface area contributed by atoms with E-state index >= 15 is 0 Å². The number of benzene rings is 1. The van der Waals surface area contributed by atoms with Gasteiger partial charge >= 0.3 is 0 Å². The van der Waals surface area contributed by atoms with Crippen LogP contribution in [0.25, 0.3) is 0 Å². The Labute approximate surface area is 123 Å². The molecule has 0 aromatic heterocycles. The first-order chi connectivity index (χ1) is 9.95. The third kappa shape index (κ3) is 3.52. The molecule has 0 unspecified atom stereocenters.